The number of pyridine rings is 1. The van der Waals surface area contributed by atoms with Crippen molar-refractivity contribution in [2.24, 2.45) is 0 Å². The third-order valence-corrected chi connectivity index (χ3v) is 2.81. The molecular weight excluding hydrogens is 202 g/mol. The summed E-state index contributed by atoms with van der Waals surface area (Å²) in [5.74, 6) is 0. The second-order valence-corrected chi connectivity index (χ2v) is 3.98. The first-order chi connectivity index (χ1) is 7.73. The average molecular weight is 211 g/mol. The number of aldehydes is 1. The van der Waals surface area contributed by atoms with Crippen molar-refractivity contribution < 1.29 is 4.79 Å². The fourth-order valence-electron chi connectivity index (χ4n) is 1.64. The van der Waals surface area contributed by atoms with Gasteiger partial charge in [-0.2, -0.15) is 0 Å². The van der Waals surface area contributed by atoms with E-state index in [1.54, 1.807) is 6.07 Å². The lowest BCUT2D eigenvalue weighted by Crippen LogP contribution is -2.09. The van der Waals surface area contributed by atoms with Crippen LogP contribution in [-0.4, -0.2) is 16.8 Å². The Hall–Kier alpha value is -2.20. The third kappa shape index (κ3) is 1.78. The van der Waals surface area contributed by atoms with Crippen molar-refractivity contribution in [3.63, 3.8) is 0 Å². The van der Waals surface area contributed by atoms with Crippen LogP contribution in [0.1, 0.15) is 28.9 Å². The van der Waals surface area contributed by atoms with Crippen LogP contribution in [0.4, 0.5) is 5.69 Å². The fraction of sp³-hybridized carbons (Fsp3) is 0.333. The molecule has 78 valence electrons. The van der Waals surface area contributed by atoms with Gasteiger partial charge in [-0.1, -0.05) is 0 Å². The molecule has 1 heterocycles. The molecular formula is C12H9N3O. The number of carbonyl (C=O) groups is 1. The Morgan fingerprint density at radius 3 is 2.75 bits per heavy atom. The van der Waals surface area contributed by atoms with Crippen molar-refractivity contribution >= 4 is 12.0 Å². The highest BCUT2D eigenvalue weighted by molar-refractivity contribution is 5.75. The van der Waals surface area contributed by atoms with E-state index in [4.69, 9.17) is 13.1 Å². The zero-order valence-electron chi connectivity index (χ0n) is 8.60. The molecule has 16 heavy (non-hydrogen) atoms. The molecule has 0 atom stereocenters. The molecule has 1 aromatic rings. The SMILES string of the molecule is [C-]#[N+]c1cnc(C=O)c(CC2([N+]#[C-])CC2)c1. The maximum absolute atomic E-state index is 10.8. The van der Waals surface area contributed by atoms with Gasteiger partial charge in [0.2, 0.25) is 11.2 Å². The number of carbonyl (C=O) groups excluding carboxylic acids is 1. The molecule has 1 aliphatic rings. The predicted octanol–water partition coefficient (Wildman–Crippen LogP) is 2.44. The second-order valence-electron chi connectivity index (χ2n) is 3.98. The minimum absolute atomic E-state index is 0.333. The molecule has 1 aromatic heterocycles. The van der Waals surface area contributed by atoms with Gasteiger partial charge in [0.05, 0.1) is 13.0 Å². The van der Waals surface area contributed by atoms with Gasteiger partial charge in [0, 0.05) is 19.0 Å². The van der Waals surface area contributed by atoms with Crippen LogP contribution < -0.4 is 0 Å². The van der Waals surface area contributed by atoms with Gasteiger partial charge in [-0.15, -0.1) is 0 Å². The Bertz CT molecular complexity index is 518. The highest BCUT2D eigenvalue weighted by Crippen LogP contribution is 2.43. The number of hydrogen-bond donors (Lipinski definition) is 0. The van der Waals surface area contributed by atoms with E-state index in [1.807, 2.05) is 0 Å². The molecule has 0 unspecified atom stereocenters. The summed E-state index contributed by atoms with van der Waals surface area (Å²) in [4.78, 5) is 21.6. The fourth-order valence-corrected chi connectivity index (χ4v) is 1.64. The van der Waals surface area contributed by atoms with E-state index in [9.17, 15) is 4.79 Å². The van der Waals surface area contributed by atoms with E-state index in [0.29, 0.717) is 24.1 Å². The highest BCUT2D eigenvalue weighted by atomic mass is 16.1. The van der Waals surface area contributed by atoms with Gasteiger partial charge in [-0.05, 0) is 11.6 Å². The topological polar surface area (TPSA) is 38.7 Å². The van der Waals surface area contributed by atoms with E-state index in [1.165, 1.54) is 6.20 Å². The van der Waals surface area contributed by atoms with Crippen molar-refractivity contribution in [1.29, 1.82) is 0 Å². The van der Waals surface area contributed by atoms with Gasteiger partial charge < -0.3 is 4.85 Å². The van der Waals surface area contributed by atoms with Crippen molar-refractivity contribution in [3.8, 4) is 0 Å². The lowest BCUT2D eigenvalue weighted by molar-refractivity contribution is 0.111. The molecule has 2 rings (SSSR count). The smallest absolute Gasteiger partial charge is 0.237 e. The zero-order valence-corrected chi connectivity index (χ0v) is 8.60. The Balaban J connectivity index is 2.35. The molecule has 0 radical (unpaired) electrons. The van der Waals surface area contributed by atoms with Crippen molar-refractivity contribution in [2.45, 2.75) is 24.8 Å². The Kier molecular flexibility index (Phi) is 2.42. The van der Waals surface area contributed by atoms with Crippen LogP contribution in [0.5, 0.6) is 0 Å². The average Bonchev–Trinajstić information content (AvgIpc) is 3.09. The Morgan fingerprint density at radius 2 is 2.25 bits per heavy atom. The summed E-state index contributed by atoms with van der Waals surface area (Å²) >= 11 is 0. The molecule has 4 nitrogen and oxygen atoms in total. The first kappa shape index (κ1) is 10.3. The number of aromatic nitrogens is 1. The molecule has 0 bridgehead atoms. The van der Waals surface area contributed by atoms with E-state index in [2.05, 4.69) is 14.7 Å². The largest absolute Gasteiger partial charge is 0.310 e. The lowest BCUT2D eigenvalue weighted by Gasteiger charge is -2.05. The van der Waals surface area contributed by atoms with E-state index >= 15 is 0 Å². The summed E-state index contributed by atoms with van der Waals surface area (Å²) < 4.78 is 0. The van der Waals surface area contributed by atoms with Crippen molar-refractivity contribution in [3.05, 3.63) is 46.4 Å². The van der Waals surface area contributed by atoms with Crippen LogP contribution >= 0.6 is 0 Å². The summed E-state index contributed by atoms with van der Waals surface area (Å²) in [6.07, 6.45) is 4.34. The highest BCUT2D eigenvalue weighted by Gasteiger charge is 2.50. The lowest BCUT2D eigenvalue weighted by atomic mass is 10.0. The van der Waals surface area contributed by atoms with Crippen molar-refractivity contribution in [1.82, 2.24) is 4.98 Å². The number of nitrogens with zero attached hydrogens (tertiary/aromatic N) is 3. The maximum Gasteiger partial charge on any atom is 0.237 e. The maximum atomic E-state index is 10.8. The minimum Gasteiger partial charge on any atom is -0.310 e. The quantitative estimate of drug-likeness (QED) is 0.569. The molecule has 0 saturated heterocycles. The van der Waals surface area contributed by atoms with E-state index in [0.717, 1.165) is 18.4 Å². The minimum atomic E-state index is -0.333. The standard InChI is InChI=1S/C12H9N3O/c1-13-10-5-9(11(8-16)15-7-10)6-12(14-2)3-4-12/h5,7-8H,3-4,6H2. The Morgan fingerprint density at radius 1 is 1.50 bits per heavy atom. The van der Waals surface area contributed by atoms with E-state index in [-0.39, 0.29) is 5.54 Å². The normalized spacial score (nSPS) is 15.9. The van der Waals surface area contributed by atoms with Gasteiger partial charge in [0.15, 0.2) is 6.29 Å². The number of rotatable bonds is 3. The predicted molar refractivity (Wildman–Crippen MR) is 58.2 cm³/mol. The first-order valence-electron chi connectivity index (χ1n) is 4.93. The Labute approximate surface area is 93.6 Å². The molecule has 1 aliphatic carbocycles. The second kappa shape index (κ2) is 3.75. The van der Waals surface area contributed by atoms with Gasteiger partial charge in [-0.25, -0.2) is 11.4 Å². The molecule has 0 aromatic carbocycles. The zero-order chi connectivity index (χ0) is 11.6. The van der Waals surface area contributed by atoms with Crippen LogP contribution in [0.15, 0.2) is 12.3 Å². The monoisotopic (exact) mass is 211 g/mol. The van der Waals surface area contributed by atoms with Crippen LogP contribution in [0.3, 0.4) is 0 Å². The molecule has 0 aliphatic heterocycles. The van der Waals surface area contributed by atoms with Crippen LogP contribution in [0.2, 0.25) is 0 Å². The summed E-state index contributed by atoms with van der Waals surface area (Å²) in [5.41, 5.74) is 1.15. The molecule has 0 spiro atoms. The summed E-state index contributed by atoms with van der Waals surface area (Å²) in [6.45, 7) is 14.0. The molecule has 0 amide bonds. The van der Waals surface area contributed by atoms with Gasteiger partial charge in [0.25, 0.3) is 0 Å². The number of hydrogen-bond acceptors (Lipinski definition) is 2. The summed E-state index contributed by atoms with van der Waals surface area (Å²) in [6, 6.07) is 1.66. The van der Waals surface area contributed by atoms with Gasteiger partial charge in [0.1, 0.15) is 5.69 Å². The van der Waals surface area contributed by atoms with Crippen LogP contribution in [-0.2, 0) is 6.42 Å². The first-order valence-corrected chi connectivity index (χ1v) is 4.93. The molecule has 4 heteroatoms. The molecule has 1 fully saturated rings. The molecule has 0 N–H and O–H groups in total. The van der Waals surface area contributed by atoms with Gasteiger partial charge >= 0.3 is 0 Å². The van der Waals surface area contributed by atoms with Crippen LogP contribution in [0.25, 0.3) is 9.69 Å². The van der Waals surface area contributed by atoms with Gasteiger partial charge in [-0.3, -0.25) is 9.78 Å². The van der Waals surface area contributed by atoms with Crippen LogP contribution in [0, 0.1) is 13.1 Å². The van der Waals surface area contributed by atoms with E-state index < -0.39 is 0 Å². The summed E-state index contributed by atoms with van der Waals surface area (Å²) in [5, 5.41) is 0. The van der Waals surface area contributed by atoms with Crippen molar-refractivity contribution in [2.75, 3.05) is 0 Å². The summed E-state index contributed by atoms with van der Waals surface area (Å²) in [7, 11) is 0. The molecule has 1 saturated carbocycles. The third-order valence-electron chi connectivity index (χ3n) is 2.81.